The van der Waals surface area contributed by atoms with Crippen molar-refractivity contribution < 1.29 is 14.0 Å². The quantitative estimate of drug-likeness (QED) is 0.415. The highest BCUT2D eigenvalue weighted by molar-refractivity contribution is 5.61. The van der Waals surface area contributed by atoms with E-state index in [0.29, 0.717) is 0 Å². The molecule has 0 spiro atoms. The lowest BCUT2D eigenvalue weighted by Gasteiger charge is -1.71. The van der Waals surface area contributed by atoms with Crippen LogP contribution in [-0.4, -0.2) is 11.3 Å². The van der Waals surface area contributed by atoms with Crippen molar-refractivity contribution in [3.8, 4) is 0 Å². The summed E-state index contributed by atoms with van der Waals surface area (Å²) in [7, 11) is 0. The third kappa shape index (κ3) is 0.958. The molecule has 6 heteroatoms. The number of rotatable bonds is 0. The van der Waals surface area contributed by atoms with Gasteiger partial charge >= 0.3 is 6.03 Å². The first-order chi connectivity index (χ1) is 4.20. The predicted molar refractivity (Wildman–Crippen MR) is 26.1 cm³/mol. The van der Waals surface area contributed by atoms with Gasteiger partial charge in [-0.15, -0.1) is 0 Å². The maximum absolute atomic E-state index is 10.2. The van der Waals surface area contributed by atoms with E-state index >= 15 is 0 Å². The summed E-state index contributed by atoms with van der Waals surface area (Å²) in [6.45, 7) is 0. The molecule has 0 aliphatic rings. The molecule has 0 saturated carbocycles. The first kappa shape index (κ1) is 5.54. The van der Waals surface area contributed by atoms with Gasteiger partial charge in [0.05, 0.1) is 0 Å². The molecule has 4 N–H and O–H groups in total. The number of nitrogens with two attached hydrogens (primary N) is 2. The number of amides is 1. The minimum absolute atomic E-state index is 0.0498. The number of primary amides is 1. The molecule has 0 aromatic carbocycles. The molecule has 48 valence electrons. The van der Waals surface area contributed by atoms with Crippen molar-refractivity contribution in [2.24, 2.45) is 5.73 Å². The molecule has 1 amide bonds. The molecule has 0 radical (unpaired) electrons. The van der Waals surface area contributed by atoms with Gasteiger partial charge in [0, 0.05) is 0 Å². The van der Waals surface area contributed by atoms with Gasteiger partial charge < -0.3 is 10.3 Å². The fraction of sp³-hybridized carbons (Fsp3) is 0. The van der Waals surface area contributed by atoms with Crippen LogP contribution < -0.4 is 16.1 Å². The summed E-state index contributed by atoms with van der Waals surface area (Å²) in [6, 6.07) is -0.726. The molecule has 9 heavy (non-hydrogen) atoms. The van der Waals surface area contributed by atoms with E-state index in [1.807, 2.05) is 0 Å². The van der Waals surface area contributed by atoms with E-state index < -0.39 is 6.03 Å². The van der Waals surface area contributed by atoms with Crippen LogP contribution in [0.1, 0.15) is 0 Å². The largest absolute Gasteiger partial charge is 0.517 e. The van der Waals surface area contributed by atoms with Crippen molar-refractivity contribution in [2.45, 2.75) is 0 Å². The third-order valence-electron chi connectivity index (χ3n) is 0.710. The lowest BCUT2D eigenvalue weighted by atomic mass is 10.8. The monoisotopic (exact) mass is 129 g/mol. The highest BCUT2D eigenvalue weighted by atomic mass is 16.5. The molecular weight excluding hydrogens is 124 g/mol. The van der Waals surface area contributed by atoms with Crippen molar-refractivity contribution in [2.75, 3.05) is 5.73 Å². The summed E-state index contributed by atoms with van der Waals surface area (Å²) >= 11 is 0. The van der Waals surface area contributed by atoms with Gasteiger partial charge in [0.1, 0.15) is 5.27 Å². The lowest BCUT2D eigenvalue weighted by molar-refractivity contribution is -0.645. The topological polar surface area (TPSA) is 99.0 Å². The van der Waals surface area contributed by atoms with Crippen molar-refractivity contribution in [3.05, 3.63) is 6.20 Å². The third-order valence-corrected chi connectivity index (χ3v) is 0.710. The average molecular weight is 129 g/mol. The molecule has 0 unspecified atom stereocenters. The molecule has 1 heterocycles. The summed E-state index contributed by atoms with van der Waals surface area (Å²) < 4.78 is 5.12. The molecule has 0 saturated heterocycles. The molecule has 0 atom stereocenters. The zero-order valence-electron chi connectivity index (χ0n) is 4.44. The number of nitrogen functional groups attached to an aromatic ring is 1. The van der Waals surface area contributed by atoms with Gasteiger partial charge in [-0.25, -0.2) is 5.73 Å². The van der Waals surface area contributed by atoms with Gasteiger partial charge in [-0.3, -0.25) is 0 Å². The van der Waals surface area contributed by atoms with E-state index in [2.05, 4.69) is 9.79 Å². The van der Waals surface area contributed by atoms with Crippen LogP contribution >= 0.6 is 0 Å². The van der Waals surface area contributed by atoms with Crippen LogP contribution in [0, 0.1) is 0 Å². The highest BCUT2D eigenvalue weighted by Gasteiger charge is 2.10. The summed E-state index contributed by atoms with van der Waals surface area (Å²) in [6.07, 6.45) is 1.18. The van der Waals surface area contributed by atoms with Gasteiger partial charge in [-0.1, -0.05) is 0 Å². The minimum atomic E-state index is -0.726. The molecule has 6 nitrogen and oxygen atoms in total. The number of hydrogen-bond donors (Lipinski definition) is 2. The smallest absolute Gasteiger partial charge is 0.364 e. The fourth-order valence-corrected chi connectivity index (χ4v) is 0.363. The number of nitrogens with zero attached hydrogens (tertiary/aromatic N) is 2. The van der Waals surface area contributed by atoms with Gasteiger partial charge in [-0.2, -0.15) is 4.79 Å². The van der Waals surface area contributed by atoms with E-state index in [4.69, 9.17) is 11.5 Å². The fourth-order valence-electron chi connectivity index (χ4n) is 0.363. The SMILES string of the molecule is NC(=O)[n+]1cc(N)on1. The Balaban J connectivity index is 2.98. The second-order valence-electron chi connectivity index (χ2n) is 1.39. The van der Waals surface area contributed by atoms with Crippen molar-refractivity contribution in [1.29, 1.82) is 0 Å². The van der Waals surface area contributed by atoms with Crippen LogP contribution in [0.5, 0.6) is 0 Å². The van der Waals surface area contributed by atoms with E-state index in [0.717, 1.165) is 4.68 Å². The Hall–Kier alpha value is -1.59. The zero-order valence-corrected chi connectivity index (χ0v) is 4.44. The first-order valence-corrected chi connectivity index (χ1v) is 2.14. The Kier molecular flexibility index (Phi) is 1.07. The summed E-state index contributed by atoms with van der Waals surface area (Å²) in [5.74, 6) is 0.0498. The van der Waals surface area contributed by atoms with Crippen LogP contribution in [0.4, 0.5) is 10.7 Å². The van der Waals surface area contributed by atoms with E-state index in [-0.39, 0.29) is 5.88 Å². The number of anilines is 1. The Labute approximate surface area is 50.0 Å². The van der Waals surface area contributed by atoms with Crippen LogP contribution in [0.15, 0.2) is 10.7 Å². The molecule has 0 bridgehead atoms. The van der Waals surface area contributed by atoms with Crippen molar-refractivity contribution >= 4 is 11.9 Å². The van der Waals surface area contributed by atoms with E-state index in [9.17, 15) is 4.79 Å². The minimum Gasteiger partial charge on any atom is -0.364 e. The molecule has 1 rings (SSSR count). The first-order valence-electron chi connectivity index (χ1n) is 2.14. The molecule has 1 aromatic heterocycles. The Bertz CT molecular complexity index is 229. The second-order valence-corrected chi connectivity index (χ2v) is 1.39. The summed E-state index contributed by atoms with van der Waals surface area (Å²) in [5, 5.41) is 3.16. The lowest BCUT2D eigenvalue weighted by Crippen LogP contribution is -2.48. The number of carbonyl (C=O) groups excluding carboxylic acids is 1. The maximum atomic E-state index is 10.2. The van der Waals surface area contributed by atoms with Crippen LogP contribution in [0.2, 0.25) is 0 Å². The second kappa shape index (κ2) is 1.73. The van der Waals surface area contributed by atoms with E-state index in [1.54, 1.807) is 0 Å². The number of carbonyl (C=O) groups is 1. The average Bonchev–Trinajstić information content (AvgIpc) is 2.14. The molecule has 0 aliphatic heterocycles. The van der Waals surface area contributed by atoms with Crippen LogP contribution in [0.3, 0.4) is 0 Å². The van der Waals surface area contributed by atoms with Crippen molar-refractivity contribution in [3.63, 3.8) is 0 Å². The van der Waals surface area contributed by atoms with E-state index in [1.165, 1.54) is 6.20 Å². The van der Waals surface area contributed by atoms with Gasteiger partial charge in [0.15, 0.2) is 6.20 Å². The molecular formula is C3H5N4O2+. The van der Waals surface area contributed by atoms with Gasteiger partial charge in [-0.05, 0) is 4.68 Å². The van der Waals surface area contributed by atoms with Gasteiger partial charge in [0.25, 0.3) is 5.88 Å². The van der Waals surface area contributed by atoms with Crippen LogP contribution in [-0.2, 0) is 0 Å². The summed E-state index contributed by atoms with van der Waals surface area (Å²) in [4.78, 5) is 10.2. The normalized spacial score (nSPS) is 9.33. The van der Waals surface area contributed by atoms with Crippen molar-refractivity contribution in [1.82, 2.24) is 5.27 Å². The summed E-state index contributed by atoms with van der Waals surface area (Å²) in [5.41, 5.74) is 9.83. The number of hydrogen-bond acceptors (Lipinski definition) is 4. The Morgan fingerprint density at radius 2 is 2.56 bits per heavy atom. The Morgan fingerprint density at radius 1 is 1.89 bits per heavy atom. The highest BCUT2D eigenvalue weighted by Crippen LogP contribution is 1.88. The Morgan fingerprint density at radius 3 is 2.78 bits per heavy atom. The molecule has 0 fully saturated rings. The molecule has 1 aromatic rings. The zero-order chi connectivity index (χ0) is 6.85. The standard InChI is InChI=1S/C3H4N4O2/c4-2-1-7(3(5)8)6-9-2/h1H,(H3-,4,5,6,8)/p+1. The van der Waals surface area contributed by atoms with Gasteiger partial charge in [0.2, 0.25) is 0 Å². The predicted octanol–water partition coefficient (Wildman–Crippen LogP) is -1.53. The maximum Gasteiger partial charge on any atom is 0.517 e. The number of aromatic nitrogens is 2. The molecule has 0 aliphatic carbocycles. The van der Waals surface area contributed by atoms with Crippen LogP contribution in [0.25, 0.3) is 0 Å².